The van der Waals surface area contributed by atoms with Crippen LogP contribution in [0.2, 0.25) is 0 Å². The van der Waals surface area contributed by atoms with E-state index in [1.54, 1.807) is 12.1 Å². The Labute approximate surface area is 138 Å². The van der Waals surface area contributed by atoms with Crippen LogP contribution in [-0.2, 0) is 0 Å². The minimum absolute atomic E-state index is 0.175. The highest BCUT2D eigenvalue weighted by molar-refractivity contribution is 14.1. The zero-order valence-electron chi connectivity index (χ0n) is 11.9. The first-order chi connectivity index (χ1) is 10.1. The maximum absolute atomic E-state index is 10.8. The molecule has 0 amide bonds. The van der Waals surface area contributed by atoms with Gasteiger partial charge in [0.15, 0.2) is 0 Å². The van der Waals surface area contributed by atoms with Crippen molar-refractivity contribution in [3.05, 3.63) is 31.9 Å². The lowest BCUT2D eigenvalue weighted by molar-refractivity contribution is -0.384. The quantitative estimate of drug-likeness (QED) is 0.480. The van der Waals surface area contributed by atoms with Gasteiger partial charge < -0.3 is 10.2 Å². The smallest absolute Gasteiger partial charge is 0.270 e. The molecule has 0 radical (unpaired) electrons. The molecule has 2 aliphatic heterocycles. The molecule has 6 heteroatoms. The van der Waals surface area contributed by atoms with Crippen LogP contribution < -0.4 is 10.2 Å². The molecule has 2 fully saturated rings. The van der Waals surface area contributed by atoms with Gasteiger partial charge in [-0.3, -0.25) is 10.1 Å². The Morgan fingerprint density at radius 1 is 1.33 bits per heavy atom. The number of benzene rings is 1. The molecule has 0 aromatic heterocycles. The number of piperidine rings is 1. The molecule has 2 unspecified atom stereocenters. The van der Waals surface area contributed by atoms with Gasteiger partial charge in [-0.05, 0) is 66.8 Å². The summed E-state index contributed by atoms with van der Waals surface area (Å²) in [5.74, 6) is 0.701. The minimum Gasteiger partial charge on any atom is -0.370 e. The predicted octanol–water partition coefficient (Wildman–Crippen LogP) is 3.17. The van der Waals surface area contributed by atoms with E-state index in [0.29, 0.717) is 12.0 Å². The second-order valence-corrected chi connectivity index (χ2v) is 7.11. The Morgan fingerprint density at radius 2 is 2.19 bits per heavy atom. The highest BCUT2D eigenvalue weighted by Gasteiger charge is 2.29. The third kappa shape index (κ3) is 3.31. The largest absolute Gasteiger partial charge is 0.370 e. The van der Waals surface area contributed by atoms with Crippen LogP contribution in [0, 0.1) is 19.6 Å². The van der Waals surface area contributed by atoms with Gasteiger partial charge in [0, 0.05) is 34.8 Å². The van der Waals surface area contributed by atoms with Gasteiger partial charge in [0.25, 0.3) is 5.69 Å². The normalized spacial score (nSPS) is 26.0. The van der Waals surface area contributed by atoms with Crippen LogP contribution in [0.5, 0.6) is 0 Å². The molecular weight excluding hydrogens is 381 g/mol. The molecule has 1 aromatic carbocycles. The number of nitro benzene ring substituents is 1. The lowest BCUT2D eigenvalue weighted by Gasteiger charge is -2.37. The molecule has 114 valence electrons. The molecule has 0 saturated carbocycles. The van der Waals surface area contributed by atoms with E-state index < -0.39 is 0 Å². The second-order valence-electron chi connectivity index (χ2n) is 5.94. The van der Waals surface area contributed by atoms with Gasteiger partial charge in [0.05, 0.1) is 10.6 Å². The van der Waals surface area contributed by atoms with Crippen LogP contribution in [0.25, 0.3) is 0 Å². The van der Waals surface area contributed by atoms with E-state index in [1.165, 1.54) is 25.7 Å². The first-order valence-electron chi connectivity index (χ1n) is 7.57. The van der Waals surface area contributed by atoms with Crippen molar-refractivity contribution in [1.29, 1.82) is 0 Å². The summed E-state index contributed by atoms with van der Waals surface area (Å²) < 4.78 is 0.974. The number of halogens is 1. The maximum Gasteiger partial charge on any atom is 0.270 e. The van der Waals surface area contributed by atoms with Crippen molar-refractivity contribution < 1.29 is 4.92 Å². The van der Waals surface area contributed by atoms with Crippen molar-refractivity contribution in [2.45, 2.75) is 31.7 Å². The SMILES string of the molecule is O=[N+]([O-])c1ccc(N2CCCC(C3CCCN3)C2)c(I)c1. The Morgan fingerprint density at radius 3 is 2.86 bits per heavy atom. The molecule has 1 aromatic rings. The average Bonchev–Trinajstić information content (AvgIpc) is 3.01. The van der Waals surface area contributed by atoms with Gasteiger partial charge >= 0.3 is 0 Å². The fraction of sp³-hybridized carbons (Fsp3) is 0.600. The van der Waals surface area contributed by atoms with Crippen molar-refractivity contribution in [3.63, 3.8) is 0 Å². The molecule has 2 heterocycles. The van der Waals surface area contributed by atoms with Crippen LogP contribution in [-0.4, -0.2) is 30.6 Å². The van der Waals surface area contributed by atoms with Gasteiger partial charge in [0.1, 0.15) is 0 Å². The van der Waals surface area contributed by atoms with E-state index in [-0.39, 0.29) is 10.6 Å². The van der Waals surface area contributed by atoms with Gasteiger partial charge in [-0.15, -0.1) is 0 Å². The number of rotatable bonds is 3. The summed E-state index contributed by atoms with van der Waals surface area (Å²) in [6, 6.07) is 5.86. The standard InChI is InChI=1S/C15H20IN3O2/c16-13-9-12(19(20)21)5-6-15(13)18-8-2-3-11(10-18)14-4-1-7-17-14/h5-6,9,11,14,17H,1-4,7-8,10H2. The fourth-order valence-corrected chi connectivity index (χ4v) is 4.38. The number of anilines is 1. The summed E-state index contributed by atoms with van der Waals surface area (Å²) in [5.41, 5.74) is 1.32. The fourth-order valence-electron chi connectivity index (χ4n) is 3.54. The summed E-state index contributed by atoms with van der Waals surface area (Å²) in [4.78, 5) is 12.9. The van der Waals surface area contributed by atoms with Gasteiger partial charge in [0.2, 0.25) is 0 Å². The molecular formula is C15H20IN3O2. The molecule has 1 N–H and O–H groups in total. The first-order valence-corrected chi connectivity index (χ1v) is 8.65. The van der Waals surface area contributed by atoms with Gasteiger partial charge in [-0.25, -0.2) is 0 Å². The summed E-state index contributed by atoms with van der Waals surface area (Å²) >= 11 is 2.22. The van der Waals surface area contributed by atoms with Crippen molar-refractivity contribution in [1.82, 2.24) is 5.32 Å². The third-order valence-corrected chi connectivity index (χ3v) is 5.47. The Hall–Kier alpha value is -0.890. The molecule has 2 saturated heterocycles. The first kappa shape index (κ1) is 15.0. The molecule has 3 rings (SSSR count). The molecule has 2 aliphatic rings. The van der Waals surface area contributed by atoms with Crippen LogP contribution in [0.4, 0.5) is 11.4 Å². The number of non-ortho nitro benzene ring substituents is 1. The highest BCUT2D eigenvalue weighted by Crippen LogP contribution is 2.32. The second kappa shape index (κ2) is 6.48. The van der Waals surface area contributed by atoms with E-state index in [2.05, 4.69) is 32.8 Å². The van der Waals surface area contributed by atoms with E-state index in [9.17, 15) is 10.1 Å². The molecule has 0 spiro atoms. The molecule has 0 bridgehead atoms. The zero-order valence-corrected chi connectivity index (χ0v) is 14.1. The number of hydrogen-bond donors (Lipinski definition) is 1. The minimum atomic E-state index is -0.326. The number of nitrogens with zero attached hydrogens (tertiary/aromatic N) is 2. The van der Waals surface area contributed by atoms with Crippen LogP contribution >= 0.6 is 22.6 Å². The molecule has 5 nitrogen and oxygen atoms in total. The summed E-state index contributed by atoms with van der Waals surface area (Å²) in [7, 11) is 0. The van der Waals surface area contributed by atoms with Crippen LogP contribution in [0.15, 0.2) is 18.2 Å². The number of hydrogen-bond acceptors (Lipinski definition) is 4. The molecule has 21 heavy (non-hydrogen) atoms. The van der Waals surface area contributed by atoms with Gasteiger partial charge in [-0.1, -0.05) is 0 Å². The highest BCUT2D eigenvalue weighted by atomic mass is 127. The predicted molar refractivity (Wildman–Crippen MR) is 91.8 cm³/mol. The topological polar surface area (TPSA) is 58.4 Å². The van der Waals surface area contributed by atoms with Crippen molar-refractivity contribution in [2.24, 2.45) is 5.92 Å². The monoisotopic (exact) mass is 401 g/mol. The third-order valence-electron chi connectivity index (χ3n) is 4.61. The Balaban J connectivity index is 1.75. The van der Waals surface area contributed by atoms with E-state index in [1.807, 2.05) is 6.07 Å². The zero-order chi connectivity index (χ0) is 14.8. The maximum atomic E-state index is 10.8. The molecule has 2 atom stereocenters. The van der Waals surface area contributed by atoms with E-state index in [0.717, 1.165) is 28.9 Å². The lowest BCUT2D eigenvalue weighted by Crippen LogP contribution is -2.43. The number of nitrogens with one attached hydrogen (secondary N) is 1. The van der Waals surface area contributed by atoms with Gasteiger partial charge in [-0.2, -0.15) is 0 Å². The van der Waals surface area contributed by atoms with Crippen molar-refractivity contribution in [3.8, 4) is 0 Å². The summed E-state index contributed by atoms with van der Waals surface area (Å²) in [6.45, 7) is 3.26. The Kier molecular flexibility index (Phi) is 4.63. The number of nitro groups is 1. The lowest BCUT2D eigenvalue weighted by atomic mass is 9.89. The van der Waals surface area contributed by atoms with E-state index in [4.69, 9.17) is 0 Å². The van der Waals surface area contributed by atoms with Crippen LogP contribution in [0.3, 0.4) is 0 Å². The summed E-state index contributed by atoms with van der Waals surface area (Å²) in [6.07, 6.45) is 5.07. The summed E-state index contributed by atoms with van der Waals surface area (Å²) in [5, 5.41) is 14.5. The van der Waals surface area contributed by atoms with E-state index >= 15 is 0 Å². The van der Waals surface area contributed by atoms with Crippen LogP contribution in [0.1, 0.15) is 25.7 Å². The van der Waals surface area contributed by atoms with Crippen molar-refractivity contribution >= 4 is 34.0 Å². The van der Waals surface area contributed by atoms with Crippen molar-refractivity contribution in [2.75, 3.05) is 24.5 Å². The Bertz CT molecular complexity index is 532. The molecule has 0 aliphatic carbocycles. The average molecular weight is 401 g/mol.